The van der Waals surface area contributed by atoms with Gasteiger partial charge >= 0.3 is 5.25 Å². The number of carbonyl (C=O) groups excluding carboxylic acids is 1. The first-order valence-electron chi connectivity index (χ1n) is 5.67. The van der Waals surface area contributed by atoms with Crippen LogP contribution in [-0.2, 0) is 0 Å². The molecule has 0 unspecified atom stereocenters. The maximum Gasteiger partial charge on any atom is 0.309 e. The summed E-state index contributed by atoms with van der Waals surface area (Å²) in [5.74, 6) is -0.0468. The average molecular weight is 308 g/mol. The fourth-order valence-corrected chi connectivity index (χ4v) is 2.07. The number of rotatable bonds is 4. The molecule has 1 N–H and O–H groups in total. The van der Waals surface area contributed by atoms with Gasteiger partial charge in [0.1, 0.15) is 0 Å². The minimum Gasteiger partial charge on any atom is -0.324 e. The maximum atomic E-state index is 12.7. The monoisotopic (exact) mass is 307 g/mol. The zero-order valence-corrected chi connectivity index (χ0v) is 12.8. The number of alkyl halides is 2. The van der Waals surface area contributed by atoms with Crippen molar-refractivity contribution in [1.29, 1.82) is 0 Å². The number of ketones is 1. The first-order chi connectivity index (χ1) is 8.50. The lowest BCUT2D eigenvalue weighted by atomic mass is 9.86. The first-order valence-corrected chi connectivity index (χ1v) is 6.86. The van der Waals surface area contributed by atoms with Crippen LogP contribution < -0.4 is 4.72 Å². The van der Waals surface area contributed by atoms with Crippen LogP contribution in [0, 0.1) is 5.41 Å². The van der Waals surface area contributed by atoms with E-state index in [0.717, 1.165) is 6.92 Å². The van der Waals surface area contributed by atoms with Gasteiger partial charge in [0.25, 0.3) is 0 Å². The van der Waals surface area contributed by atoms with E-state index in [1.807, 2.05) is 20.8 Å². The fraction of sp³-hybridized carbons (Fsp3) is 0.462. The highest BCUT2D eigenvalue weighted by atomic mass is 35.5. The smallest absolute Gasteiger partial charge is 0.309 e. The van der Waals surface area contributed by atoms with E-state index in [1.54, 1.807) is 6.07 Å². The average Bonchev–Trinajstić information content (AvgIpc) is 2.23. The van der Waals surface area contributed by atoms with Crippen molar-refractivity contribution in [3.8, 4) is 0 Å². The number of nitrogens with one attached hydrogen (secondary N) is 1. The molecule has 0 bridgehead atoms. The molecule has 1 rings (SSSR count). The predicted molar refractivity (Wildman–Crippen MR) is 77.1 cm³/mol. The van der Waals surface area contributed by atoms with E-state index in [9.17, 15) is 13.6 Å². The minimum absolute atomic E-state index is 0.0468. The topological polar surface area (TPSA) is 29.1 Å². The third kappa shape index (κ3) is 4.99. The lowest BCUT2D eigenvalue weighted by Gasteiger charge is -2.18. The molecular formula is C13H16ClF2NOS. The van der Waals surface area contributed by atoms with Gasteiger partial charge in [-0.05, 0) is 18.2 Å². The molecule has 0 saturated heterocycles. The van der Waals surface area contributed by atoms with Crippen molar-refractivity contribution in [2.75, 3.05) is 4.72 Å². The van der Waals surface area contributed by atoms with Gasteiger partial charge in [-0.25, -0.2) is 0 Å². The maximum absolute atomic E-state index is 12.7. The number of carbonyl (C=O) groups is 1. The van der Waals surface area contributed by atoms with Gasteiger partial charge in [-0.1, -0.05) is 32.4 Å². The summed E-state index contributed by atoms with van der Waals surface area (Å²) in [5, 5.41) is -2.66. The van der Waals surface area contributed by atoms with Gasteiger partial charge in [0, 0.05) is 29.9 Å². The van der Waals surface area contributed by atoms with Gasteiger partial charge in [-0.15, -0.1) is 0 Å². The van der Waals surface area contributed by atoms with E-state index in [-0.39, 0.29) is 22.8 Å². The van der Waals surface area contributed by atoms with Gasteiger partial charge in [0.15, 0.2) is 5.78 Å². The summed E-state index contributed by atoms with van der Waals surface area (Å²) in [6.07, 6.45) is 0. The molecule has 1 aromatic carbocycles. The van der Waals surface area contributed by atoms with Crippen LogP contribution in [0.5, 0.6) is 0 Å². The molecule has 0 fully saturated rings. The number of hydrogen-bond acceptors (Lipinski definition) is 3. The molecule has 106 valence electrons. The predicted octanol–water partition coefficient (Wildman–Crippen LogP) is 5.24. The number of benzene rings is 1. The largest absolute Gasteiger partial charge is 0.324 e. The molecule has 0 heterocycles. The Morgan fingerprint density at radius 2 is 1.84 bits per heavy atom. The summed E-state index contributed by atoms with van der Waals surface area (Å²) >= 11 is 6.25. The summed E-state index contributed by atoms with van der Waals surface area (Å²) in [7, 11) is 0. The zero-order valence-electron chi connectivity index (χ0n) is 11.2. The van der Waals surface area contributed by atoms with Crippen LogP contribution in [0.1, 0.15) is 38.1 Å². The molecule has 0 aliphatic rings. The van der Waals surface area contributed by atoms with Gasteiger partial charge in [-0.2, -0.15) is 8.78 Å². The Labute approximate surface area is 121 Å². The molecular weight excluding hydrogens is 292 g/mol. The zero-order chi connectivity index (χ0) is 14.8. The van der Waals surface area contributed by atoms with Crippen molar-refractivity contribution in [3.63, 3.8) is 0 Å². The first kappa shape index (κ1) is 16.2. The molecule has 0 amide bonds. The van der Waals surface area contributed by atoms with E-state index in [0.29, 0.717) is 11.3 Å². The quantitative estimate of drug-likeness (QED) is 0.609. The van der Waals surface area contributed by atoms with E-state index >= 15 is 0 Å². The highest BCUT2D eigenvalue weighted by molar-refractivity contribution is 8.01. The highest BCUT2D eigenvalue weighted by Crippen LogP contribution is 2.33. The third-order valence-corrected chi connectivity index (χ3v) is 3.25. The molecule has 6 heteroatoms. The molecule has 0 radical (unpaired) electrons. The number of halogens is 3. The number of hydrogen-bond donors (Lipinski definition) is 1. The van der Waals surface area contributed by atoms with Crippen LogP contribution in [0.3, 0.4) is 0 Å². The molecule has 0 atom stereocenters. The highest BCUT2D eigenvalue weighted by Gasteiger charge is 2.25. The van der Waals surface area contributed by atoms with Crippen molar-refractivity contribution in [2.24, 2.45) is 5.41 Å². The second kappa shape index (κ2) is 5.67. The van der Waals surface area contributed by atoms with Crippen molar-refractivity contribution in [3.05, 3.63) is 28.8 Å². The summed E-state index contributed by atoms with van der Waals surface area (Å²) < 4.78 is 27.9. The molecule has 0 aliphatic heterocycles. The Hall–Kier alpha value is -0.810. The lowest BCUT2D eigenvalue weighted by molar-refractivity contribution is 0.0858. The second-order valence-electron chi connectivity index (χ2n) is 5.29. The standard InChI is InChI=1S/C13H16ClF2NOS/c1-12(2,3)11(18)8-5-6-10(9(14)7-8)17-19-13(4,15)16/h5-7,17H,1-4H3. The van der Waals surface area contributed by atoms with E-state index in [4.69, 9.17) is 11.6 Å². The molecule has 0 spiro atoms. The van der Waals surface area contributed by atoms with Gasteiger partial charge in [-0.3, -0.25) is 4.79 Å². The molecule has 2 nitrogen and oxygen atoms in total. The van der Waals surface area contributed by atoms with Crippen molar-refractivity contribution >= 4 is 35.0 Å². The normalized spacial score (nSPS) is 12.4. The Bertz CT molecular complexity index is 481. The number of Topliss-reactive ketones (excluding diaryl/α,β-unsaturated/α-hetero) is 1. The molecule has 0 aromatic heterocycles. The Morgan fingerprint density at radius 3 is 2.26 bits per heavy atom. The Morgan fingerprint density at radius 1 is 1.26 bits per heavy atom. The van der Waals surface area contributed by atoms with Crippen LogP contribution in [0.2, 0.25) is 5.02 Å². The summed E-state index contributed by atoms with van der Waals surface area (Å²) in [6, 6.07) is 4.60. The summed E-state index contributed by atoms with van der Waals surface area (Å²) in [4.78, 5) is 12.0. The van der Waals surface area contributed by atoms with E-state index in [1.165, 1.54) is 12.1 Å². The van der Waals surface area contributed by atoms with E-state index in [2.05, 4.69) is 4.72 Å². The molecule has 0 aliphatic carbocycles. The minimum atomic E-state index is -2.90. The summed E-state index contributed by atoms with van der Waals surface area (Å²) in [5.41, 5.74) is 0.318. The van der Waals surface area contributed by atoms with Crippen LogP contribution in [0.25, 0.3) is 0 Å². The van der Waals surface area contributed by atoms with Gasteiger partial charge < -0.3 is 4.72 Å². The van der Waals surface area contributed by atoms with E-state index < -0.39 is 10.7 Å². The molecule has 0 saturated carbocycles. The van der Waals surface area contributed by atoms with Gasteiger partial charge in [0.2, 0.25) is 0 Å². The van der Waals surface area contributed by atoms with Crippen molar-refractivity contribution in [1.82, 2.24) is 0 Å². The Balaban J connectivity index is 2.89. The number of anilines is 1. The second-order valence-corrected chi connectivity index (χ2v) is 6.82. The molecule has 19 heavy (non-hydrogen) atoms. The van der Waals surface area contributed by atoms with Crippen LogP contribution in [0.4, 0.5) is 14.5 Å². The summed E-state index contributed by atoms with van der Waals surface area (Å²) in [6.45, 7) is 6.21. The van der Waals surface area contributed by atoms with Crippen LogP contribution in [-0.4, -0.2) is 11.0 Å². The van der Waals surface area contributed by atoms with Crippen LogP contribution in [0.15, 0.2) is 18.2 Å². The molecule has 1 aromatic rings. The van der Waals surface area contributed by atoms with Crippen molar-refractivity contribution in [2.45, 2.75) is 32.9 Å². The van der Waals surface area contributed by atoms with Crippen molar-refractivity contribution < 1.29 is 13.6 Å². The third-order valence-electron chi connectivity index (χ3n) is 2.25. The van der Waals surface area contributed by atoms with Crippen LogP contribution >= 0.6 is 23.5 Å². The lowest BCUT2D eigenvalue weighted by Crippen LogP contribution is -2.20. The van der Waals surface area contributed by atoms with Gasteiger partial charge in [0.05, 0.1) is 10.7 Å². The fourth-order valence-electron chi connectivity index (χ4n) is 1.32. The Kier molecular flexibility index (Phi) is 4.85. The SMILES string of the molecule is CC(F)(F)SNc1ccc(C(=O)C(C)(C)C)cc1Cl.